The molecule has 0 amide bonds. The van der Waals surface area contributed by atoms with Crippen molar-refractivity contribution in [2.75, 3.05) is 0 Å². The number of nitrogens with zero attached hydrogens (tertiary/aromatic N) is 3. The van der Waals surface area contributed by atoms with E-state index in [-0.39, 0.29) is 41.7 Å². The van der Waals surface area contributed by atoms with Gasteiger partial charge < -0.3 is 9.47 Å². The van der Waals surface area contributed by atoms with Crippen molar-refractivity contribution in [1.82, 2.24) is 9.78 Å². The van der Waals surface area contributed by atoms with Crippen molar-refractivity contribution in [2.24, 2.45) is 0 Å². The minimum atomic E-state index is -2.90. The fourth-order valence-electron chi connectivity index (χ4n) is 4.44. The van der Waals surface area contributed by atoms with Crippen LogP contribution >= 0.6 is 17.0 Å². The van der Waals surface area contributed by atoms with E-state index < -0.39 is 6.61 Å². The summed E-state index contributed by atoms with van der Waals surface area (Å²) in [4.78, 5) is 13.1. The number of rotatable bonds is 9. The van der Waals surface area contributed by atoms with Gasteiger partial charge in [-0.3, -0.25) is 4.79 Å². The lowest BCUT2D eigenvalue weighted by atomic mass is 10.0. The Balaban J connectivity index is 0.00000361. The van der Waals surface area contributed by atoms with Crippen LogP contribution in [0.1, 0.15) is 72.2 Å². The molecule has 9 heteroatoms. The van der Waals surface area contributed by atoms with Crippen molar-refractivity contribution in [3.8, 4) is 11.5 Å². The molecular formula is C27H33BrF2N3O3+. The molecule has 2 heterocycles. The van der Waals surface area contributed by atoms with Crippen molar-refractivity contribution in [1.29, 1.82) is 0 Å². The fourth-order valence-corrected chi connectivity index (χ4v) is 4.44. The molecular weight excluding hydrogens is 532 g/mol. The summed E-state index contributed by atoms with van der Waals surface area (Å²) in [6, 6.07) is 12.0. The van der Waals surface area contributed by atoms with Crippen molar-refractivity contribution in [2.45, 2.75) is 78.7 Å². The zero-order valence-electron chi connectivity index (χ0n) is 20.9. The Morgan fingerprint density at radius 2 is 1.86 bits per heavy atom. The maximum atomic E-state index is 13.1. The molecule has 2 aromatic carbocycles. The van der Waals surface area contributed by atoms with Gasteiger partial charge in [-0.25, -0.2) is 4.57 Å². The van der Waals surface area contributed by atoms with Gasteiger partial charge in [0.2, 0.25) is 5.82 Å². The number of carbonyl (C=O) groups excluding carboxylic acids is 1. The quantitative estimate of drug-likeness (QED) is 0.237. The number of alkyl halides is 2. The van der Waals surface area contributed by atoms with Gasteiger partial charge in [0, 0.05) is 17.1 Å². The molecule has 3 aromatic rings. The first kappa shape index (κ1) is 27.8. The van der Waals surface area contributed by atoms with Crippen LogP contribution in [0.2, 0.25) is 0 Å². The summed E-state index contributed by atoms with van der Waals surface area (Å²) in [6.45, 7) is 4.56. The number of fused-ring (bicyclic) bond motifs is 1. The van der Waals surface area contributed by atoms with Crippen LogP contribution in [0.25, 0.3) is 0 Å². The van der Waals surface area contributed by atoms with E-state index in [0.29, 0.717) is 17.3 Å². The lowest BCUT2D eigenvalue weighted by molar-refractivity contribution is -0.700. The molecule has 36 heavy (non-hydrogen) atoms. The first-order valence-electron chi connectivity index (χ1n) is 12.1. The Labute approximate surface area is 221 Å². The van der Waals surface area contributed by atoms with Crippen LogP contribution in [-0.2, 0) is 26.1 Å². The number of aromatic nitrogens is 3. The third kappa shape index (κ3) is 6.69. The molecule has 0 bridgehead atoms. The minimum absolute atomic E-state index is 0. The standard InChI is InChI=1S/C27H32F2N3O3.BrH/c1-18(2)22-13-8-19(3)15-24(22)34-17-25-30-32-14-6-4-5-7-26(32)31(25)16-23(33)20-9-11-21(12-10-20)35-27(28)29;/h8-13,15,18,27H,4-7,14,16-17H2,1-3H3;1H/q+1;. The molecule has 0 saturated heterocycles. The average molecular weight is 565 g/mol. The van der Waals surface area contributed by atoms with Gasteiger partial charge in [0.15, 0.2) is 12.4 Å². The van der Waals surface area contributed by atoms with Gasteiger partial charge >= 0.3 is 12.4 Å². The Kier molecular flexibility index (Phi) is 9.59. The van der Waals surface area contributed by atoms with Crippen molar-refractivity contribution >= 4 is 22.8 Å². The zero-order chi connectivity index (χ0) is 24.9. The molecule has 194 valence electrons. The summed E-state index contributed by atoms with van der Waals surface area (Å²) < 4.78 is 39.5. The van der Waals surface area contributed by atoms with Gasteiger partial charge in [0.1, 0.15) is 24.6 Å². The molecule has 4 rings (SSSR count). The number of hydrogen-bond donors (Lipinski definition) is 0. The van der Waals surface area contributed by atoms with E-state index in [1.54, 1.807) is 0 Å². The van der Waals surface area contributed by atoms with Crippen LogP contribution in [0.5, 0.6) is 11.5 Å². The van der Waals surface area contributed by atoms with Crippen LogP contribution in [0, 0.1) is 6.92 Å². The molecule has 0 radical (unpaired) electrons. The summed E-state index contributed by atoms with van der Waals surface area (Å²) in [5.41, 5.74) is 2.68. The van der Waals surface area contributed by atoms with Gasteiger partial charge in [-0.2, -0.15) is 8.78 Å². The Morgan fingerprint density at radius 3 is 2.56 bits per heavy atom. The van der Waals surface area contributed by atoms with Gasteiger partial charge in [-0.05, 0) is 73.6 Å². The minimum Gasteiger partial charge on any atom is -0.482 e. The lowest BCUT2D eigenvalue weighted by Gasteiger charge is -2.14. The van der Waals surface area contributed by atoms with Crippen LogP contribution < -0.4 is 14.0 Å². The zero-order valence-corrected chi connectivity index (χ0v) is 22.6. The van der Waals surface area contributed by atoms with Crippen LogP contribution in [-0.4, -0.2) is 22.2 Å². The molecule has 1 aliphatic rings. The normalized spacial score (nSPS) is 13.2. The summed E-state index contributed by atoms with van der Waals surface area (Å²) >= 11 is 0. The molecule has 1 aliphatic heterocycles. The fraction of sp³-hybridized carbons (Fsp3) is 0.444. The van der Waals surface area contributed by atoms with E-state index in [0.717, 1.165) is 54.9 Å². The van der Waals surface area contributed by atoms with Crippen molar-refractivity contribution < 1.29 is 27.6 Å². The molecule has 0 N–H and O–H groups in total. The highest BCUT2D eigenvalue weighted by Crippen LogP contribution is 2.28. The number of Topliss-reactive ketones (excluding diaryl/α,β-unsaturated/α-hetero) is 1. The predicted molar refractivity (Wildman–Crippen MR) is 137 cm³/mol. The van der Waals surface area contributed by atoms with Crippen molar-refractivity contribution in [3.05, 3.63) is 70.8 Å². The SMILES string of the molecule is Br.Cc1ccc(C(C)C)c(OCc2nn3c([n+]2CC(=O)c2ccc(OC(F)F)cc2)CCCCC3)c1. The number of aryl methyl sites for hydroxylation is 2. The second kappa shape index (κ2) is 12.4. The molecule has 0 atom stereocenters. The van der Waals surface area contributed by atoms with Gasteiger partial charge in [0.05, 0.1) is 0 Å². The van der Waals surface area contributed by atoms with Crippen molar-refractivity contribution in [3.63, 3.8) is 0 Å². The summed E-state index contributed by atoms with van der Waals surface area (Å²) in [6.07, 6.45) is 4.04. The second-order valence-corrected chi connectivity index (χ2v) is 9.26. The number of carbonyl (C=O) groups is 1. The molecule has 1 aromatic heterocycles. The number of benzene rings is 2. The van der Waals surface area contributed by atoms with Gasteiger partial charge in [-0.15, -0.1) is 21.7 Å². The van der Waals surface area contributed by atoms with E-state index in [2.05, 4.69) is 30.7 Å². The third-order valence-electron chi connectivity index (χ3n) is 6.28. The third-order valence-corrected chi connectivity index (χ3v) is 6.28. The Hall–Kier alpha value is -2.81. The summed E-state index contributed by atoms with van der Waals surface area (Å²) in [5, 5.41) is 4.82. The second-order valence-electron chi connectivity index (χ2n) is 9.26. The highest BCUT2D eigenvalue weighted by molar-refractivity contribution is 8.93. The maximum absolute atomic E-state index is 13.1. The van der Waals surface area contributed by atoms with Crippen LogP contribution in [0.15, 0.2) is 42.5 Å². The number of hydrogen-bond acceptors (Lipinski definition) is 4. The monoisotopic (exact) mass is 564 g/mol. The van der Waals surface area contributed by atoms with Gasteiger partial charge in [0.25, 0.3) is 0 Å². The highest BCUT2D eigenvalue weighted by atomic mass is 79.9. The topological polar surface area (TPSA) is 57.2 Å². The Bertz CT molecular complexity index is 1180. The average Bonchev–Trinajstić information content (AvgIpc) is 2.97. The van der Waals surface area contributed by atoms with Crippen LogP contribution in [0.4, 0.5) is 8.78 Å². The van der Waals surface area contributed by atoms with E-state index in [9.17, 15) is 13.6 Å². The molecule has 6 nitrogen and oxygen atoms in total. The summed E-state index contributed by atoms with van der Waals surface area (Å²) in [7, 11) is 0. The number of ketones is 1. The number of ether oxygens (including phenoxy) is 2. The molecule has 0 fully saturated rings. The molecule has 0 unspecified atom stereocenters. The van der Waals surface area contributed by atoms with Gasteiger partial charge in [-0.1, -0.05) is 26.0 Å². The van der Waals surface area contributed by atoms with E-state index >= 15 is 0 Å². The van der Waals surface area contributed by atoms with E-state index in [1.807, 2.05) is 22.2 Å². The molecule has 0 aliphatic carbocycles. The first-order valence-corrected chi connectivity index (χ1v) is 12.1. The largest absolute Gasteiger partial charge is 0.482 e. The predicted octanol–water partition coefficient (Wildman–Crippen LogP) is 5.97. The maximum Gasteiger partial charge on any atom is 0.387 e. The number of halogens is 3. The highest BCUT2D eigenvalue weighted by Gasteiger charge is 2.29. The first-order chi connectivity index (χ1) is 16.8. The molecule has 0 spiro atoms. The summed E-state index contributed by atoms with van der Waals surface area (Å²) in [5.74, 6) is 2.75. The smallest absolute Gasteiger partial charge is 0.387 e. The lowest BCUT2D eigenvalue weighted by Crippen LogP contribution is -2.45. The Morgan fingerprint density at radius 1 is 1.11 bits per heavy atom. The van der Waals surface area contributed by atoms with E-state index in [4.69, 9.17) is 9.84 Å². The van der Waals surface area contributed by atoms with E-state index in [1.165, 1.54) is 24.3 Å². The van der Waals surface area contributed by atoms with Crippen LogP contribution in [0.3, 0.4) is 0 Å². The molecule has 0 saturated carbocycles.